The molecule has 1 aliphatic carbocycles. The molecule has 0 unspecified atom stereocenters. The highest BCUT2D eigenvalue weighted by Crippen LogP contribution is 2.62. The minimum atomic E-state index is -0.300. The number of benzene rings is 2. The number of hydrogen-bond donors (Lipinski definition) is 0. The van der Waals surface area contributed by atoms with Crippen LogP contribution in [0.25, 0.3) is 0 Å². The second-order valence-electron chi connectivity index (χ2n) is 7.11. The van der Waals surface area contributed by atoms with Crippen LogP contribution in [0.15, 0.2) is 42.5 Å². The third kappa shape index (κ3) is 1.34. The second kappa shape index (κ2) is 4.01. The van der Waals surface area contributed by atoms with Gasteiger partial charge in [-0.25, -0.2) is 0 Å². The molecule has 1 heterocycles. The van der Waals surface area contributed by atoms with E-state index in [1.807, 2.05) is 4.90 Å². The molecule has 0 aromatic heterocycles. The predicted octanol–water partition coefficient (Wildman–Crippen LogP) is 4.09. The van der Waals surface area contributed by atoms with Crippen molar-refractivity contribution < 1.29 is 4.79 Å². The van der Waals surface area contributed by atoms with E-state index in [9.17, 15) is 4.79 Å². The lowest BCUT2D eigenvalue weighted by Crippen LogP contribution is -2.51. The number of fused-ring (bicyclic) bond motifs is 5. The van der Waals surface area contributed by atoms with Crippen molar-refractivity contribution in [2.24, 2.45) is 0 Å². The molecule has 22 heavy (non-hydrogen) atoms. The van der Waals surface area contributed by atoms with Gasteiger partial charge in [0.05, 0.1) is 5.54 Å². The highest BCUT2D eigenvalue weighted by atomic mass is 16.2. The van der Waals surface area contributed by atoms with Gasteiger partial charge >= 0.3 is 0 Å². The van der Waals surface area contributed by atoms with Crippen LogP contribution in [0.3, 0.4) is 0 Å². The Morgan fingerprint density at radius 2 is 1.82 bits per heavy atom. The summed E-state index contributed by atoms with van der Waals surface area (Å²) in [6.07, 6.45) is 0.986. The fourth-order valence-corrected chi connectivity index (χ4v) is 4.74. The van der Waals surface area contributed by atoms with Crippen molar-refractivity contribution in [2.45, 2.75) is 45.1 Å². The van der Waals surface area contributed by atoms with Gasteiger partial charge in [-0.05, 0) is 43.0 Å². The number of hydrogen-bond acceptors (Lipinski definition) is 1. The molecule has 0 saturated heterocycles. The number of carbonyl (C=O) groups excluding carboxylic acids is 1. The third-order valence-corrected chi connectivity index (χ3v) is 5.91. The Labute approximate surface area is 131 Å². The average Bonchev–Trinajstić information content (AvgIpc) is 2.81. The molecular formula is C20H21NO. The molecule has 112 valence electrons. The first-order chi connectivity index (χ1) is 10.4. The van der Waals surface area contributed by atoms with E-state index in [0.717, 1.165) is 12.1 Å². The molecule has 2 heteroatoms. The minimum Gasteiger partial charge on any atom is -0.301 e. The Morgan fingerprint density at radius 1 is 1.09 bits per heavy atom. The van der Waals surface area contributed by atoms with Crippen molar-refractivity contribution in [3.63, 3.8) is 0 Å². The first-order valence-electron chi connectivity index (χ1n) is 7.90. The smallest absolute Gasteiger partial charge is 0.224 e. The van der Waals surface area contributed by atoms with E-state index < -0.39 is 0 Å². The van der Waals surface area contributed by atoms with Gasteiger partial charge in [0, 0.05) is 18.0 Å². The molecule has 2 aromatic rings. The van der Waals surface area contributed by atoms with Gasteiger partial charge in [-0.3, -0.25) is 4.79 Å². The zero-order chi connectivity index (χ0) is 15.7. The standard InChI is InChI=1S/C20H21NO/c1-13-9-10-18-17(11-13)19(3)12-15-7-5-6-8-16(15)20(19,4)21(18)14(2)22/h5-11H,12H2,1-4H3/t19-,20-/m1/s1. The predicted molar refractivity (Wildman–Crippen MR) is 89.2 cm³/mol. The van der Waals surface area contributed by atoms with Gasteiger partial charge in [0.25, 0.3) is 0 Å². The summed E-state index contributed by atoms with van der Waals surface area (Å²) in [6.45, 7) is 8.35. The maximum atomic E-state index is 12.5. The Bertz CT molecular complexity index is 809. The van der Waals surface area contributed by atoms with Gasteiger partial charge in [-0.15, -0.1) is 0 Å². The lowest BCUT2D eigenvalue weighted by atomic mass is 9.70. The van der Waals surface area contributed by atoms with Gasteiger partial charge in [0.1, 0.15) is 0 Å². The van der Waals surface area contributed by atoms with Gasteiger partial charge < -0.3 is 4.90 Å². The summed E-state index contributed by atoms with van der Waals surface area (Å²) in [5, 5.41) is 0. The van der Waals surface area contributed by atoms with E-state index in [4.69, 9.17) is 0 Å². The van der Waals surface area contributed by atoms with Crippen LogP contribution in [0.5, 0.6) is 0 Å². The van der Waals surface area contributed by atoms with E-state index in [1.165, 1.54) is 22.3 Å². The van der Waals surface area contributed by atoms with Gasteiger partial charge in [-0.2, -0.15) is 0 Å². The van der Waals surface area contributed by atoms with Crippen molar-refractivity contribution in [1.29, 1.82) is 0 Å². The van der Waals surface area contributed by atoms with Crippen LogP contribution >= 0.6 is 0 Å². The topological polar surface area (TPSA) is 20.3 Å². The van der Waals surface area contributed by atoms with E-state index in [0.29, 0.717) is 0 Å². The van der Waals surface area contributed by atoms with E-state index >= 15 is 0 Å². The van der Waals surface area contributed by atoms with Gasteiger partial charge in [0.2, 0.25) is 5.91 Å². The first kappa shape index (κ1) is 13.6. The molecule has 2 nitrogen and oxygen atoms in total. The van der Waals surface area contributed by atoms with Crippen LogP contribution in [-0.2, 0) is 22.2 Å². The largest absolute Gasteiger partial charge is 0.301 e. The second-order valence-corrected chi connectivity index (χ2v) is 7.11. The maximum Gasteiger partial charge on any atom is 0.224 e. The van der Waals surface area contributed by atoms with E-state index in [1.54, 1.807) is 6.92 Å². The zero-order valence-corrected chi connectivity index (χ0v) is 13.6. The fourth-order valence-electron chi connectivity index (χ4n) is 4.74. The third-order valence-electron chi connectivity index (χ3n) is 5.91. The normalized spacial score (nSPS) is 28.3. The van der Waals surface area contributed by atoms with Crippen molar-refractivity contribution in [2.75, 3.05) is 4.90 Å². The fraction of sp³-hybridized carbons (Fsp3) is 0.350. The molecule has 2 aromatic carbocycles. The number of nitrogens with zero attached hydrogens (tertiary/aromatic N) is 1. The van der Waals surface area contributed by atoms with Crippen LogP contribution in [0.4, 0.5) is 5.69 Å². The molecule has 0 bridgehead atoms. The molecular weight excluding hydrogens is 270 g/mol. The SMILES string of the molecule is CC(=O)N1c2ccc(C)cc2[C@@]2(C)Cc3ccccc3[C@@]12C. The quantitative estimate of drug-likeness (QED) is 0.716. The molecule has 0 spiro atoms. The summed E-state index contributed by atoms with van der Waals surface area (Å²) in [5.41, 5.74) is 5.94. The first-order valence-corrected chi connectivity index (χ1v) is 7.90. The average molecular weight is 291 g/mol. The van der Waals surface area contributed by atoms with E-state index in [-0.39, 0.29) is 16.9 Å². The van der Waals surface area contributed by atoms with Gasteiger partial charge in [0.15, 0.2) is 0 Å². The summed E-state index contributed by atoms with van der Waals surface area (Å²) < 4.78 is 0. The Morgan fingerprint density at radius 3 is 2.55 bits per heavy atom. The summed E-state index contributed by atoms with van der Waals surface area (Å²) in [4.78, 5) is 14.5. The minimum absolute atomic E-state index is 0.0658. The highest BCUT2D eigenvalue weighted by molar-refractivity contribution is 5.98. The van der Waals surface area contributed by atoms with Crippen molar-refractivity contribution in [3.05, 3.63) is 64.7 Å². The number of amides is 1. The van der Waals surface area contributed by atoms with Crippen LogP contribution in [0.2, 0.25) is 0 Å². The van der Waals surface area contributed by atoms with Crippen LogP contribution in [-0.4, -0.2) is 5.91 Å². The lowest BCUT2D eigenvalue weighted by molar-refractivity contribution is -0.118. The van der Waals surface area contributed by atoms with Crippen molar-refractivity contribution >= 4 is 11.6 Å². The molecule has 1 aliphatic heterocycles. The molecule has 2 aliphatic rings. The molecule has 0 radical (unpaired) electrons. The van der Waals surface area contributed by atoms with Crippen LogP contribution in [0, 0.1) is 6.92 Å². The monoisotopic (exact) mass is 291 g/mol. The van der Waals surface area contributed by atoms with Crippen molar-refractivity contribution in [1.82, 2.24) is 0 Å². The number of rotatable bonds is 0. The van der Waals surface area contributed by atoms with Crippen LogP contribution < -0.4 is 4.90 Å². The maximum absolute atomic E-state index is 12.5. The number of carbonyl (C=O) groups is 1. The molecule has 1 amide bonds. The summed E-state index contributed by atoms with van der Waals surface area (Å²) in [7, 11) is 0. The van der Waals surface area contributed by atoms with E-state index in [2.05, 4.69) is 63.2 Å². The summed E-state index contributed by atoms with van der Waals surface area (Å²) >= 11 is 0. The number of aryl methyl sites for hydroxylation is 1. The Kier molecular flexibility index (Phi) is 2.47. The van der Waals surface area contributed by atoms with Gasteiger partial charge in [-0.1, -0.05) is 48.9 Å². The molecule has 2 atom stereocenters. The molecule has 0 saturated carbocycles. The summed E-state index contributed by atoms with van der Waals surface area (Å²) in [6, 6.07) is 15.1. The molecule has 4 rings (SSSR count). The van der Waals surface area contributed by atoms with Crippen LogP contribution in [0.1, 0.15) is 43.0 Å². The van der Waals surface area contributed by atoms with Crippen molar-refractivity contribution in [3.8, 4) is 0 Å². The number of anilines is 1. The molecule has 0 fully saturated rings. The Balaban J connectivity index is 2.08. The highest BCUT2D eigenvalue weighted by Gasteiger charge is 2.62. The molecule has 0 N–H and O–H groups in total. The zero-order valence-electron chi connectivity index (χ0n) is 13.6. The summed E-state index contributed by atoms with van der Waals surface area (Å²) in [5.74, 6) is 0.119. The Hall–Kier alpha value is -2.09. The lowest BCUT2D eigenvalue weighted by Gasteiger charge is -2.41.